The van der Waals surface area contributed by atoms with Crippen molar-refractivity contribution < 1.29 is 9.13 Å². The van der Waals surface area contributed by atoms with Gasteiger partial charge in [0.2, 0.25) is 0 Å². The molecule has 1 aliphatic heterocycles. The standard InChI is InChI=1S/C22H37FN4O/c1-18(2)17-28-14-6-11-25-22(24-3)26-15-19-9-12-27(13-10-19)16-20-7-4-5-8-21(20)23/h4-5,7-8,18-19H,6,9-17H2,1-3H3,(H2,24,25,26). The van der Waals surface area contributed by atoms with Crippen LogP contribution in [0.1, 0.15) is 38.7 Å². The van der Waals surface area contributed by atoms with E-state index in [1.807, 2.05) is 19.2 Å². The van der Waals surface area contributed by atoms with Gasteiger partial charge in [-0.2, -0.15) is 0 Å². The molecule has 1 aliphatic rings. The summed E-state index contributed by atoms with van der Waals surface area (Å²) in [5, 5.41) is 6.79. The first-order valence-corrected chi connectivity index (χ1v) is 10.6. The van der Waals surface area contributed by atoms with Gasteiger partial charge in [-0.1, -0.05) is 32.0 Å². The largest absolute Gasteiger partial charge is 0.381 e. The van der Waals surface area contributed by atoms with Crippen LogP contribution in [0.3, 0.4) is 0 Å². The first-order chi connectivity index (χ1) is 13.6. The van der Waals surface area contributed by atoms with E-state index in [0.29, 0.717) is 18.4 Å². The number of likely N-dealkylation sites (tertiary alicyclic amines) is 1. The molecular weight excluding hydrogens is 355 g/mol. The molecule has 0 unspecified atom stereocenters. The van der Waals surface area contributed by atoms with E-state index in [9.17, 15) is 4.39 Å². The number of hydrogen-bond acceptors (Lipinski definition) is 3. The molecular formula is C22H37FN4O. The third-order valence-electron chi connectivity index (χ3n) is 5.05. The second-order valence-electron chi connectivity index (χ2n) is 8.01. The molecule has 0 aromatic heterocycles. The normalized spacial score (nSPS) is 16.5. The minimum atomic E-state index is -0.101. The molecule has 1 heterocycles. The number of rotatable bonds is 10. The fourth-order valence-corrected chi connectivity index (χ4v) is 3.38. The highest BCUT2D eigenvalue weighted by Crippen LogP contribution is 2.19. The molecule has 5 nitrogen and oxygen atoms in total. The highest BCUT2D eigenvalue weighted by molar-refractivity contribution is 5.79. The second-order valence-corrected chi connectivity index (χ2v) is 8.01. The van der Waals surface area contributed by atoms with Crippen molar-refractivity contribution in [1.82, 2.24) is 15.5 Å². The smallest absolute Gasteiger partial charge is 0.190 e. The average Bonchev–Trinajstić information content (AvgIpc) is 2.69. The maximum atomic E-state index is 13.8. The van der Waals surface area contributed by atoms with E-state index < -0.39 is 0 Å². The minimum Gasteiger partial charge on any atom is -0.381 e. The fourth-order valence-electron chi connectivity index (χ4n) is 3.38. The summed E-state index contributed by atoms with van der Waals surface area (Å²) in [4.78, 5) is 6.65. The van der Waals surface area contributed by atoms with Crippen LogP contribution in [-0.4, -0.2) is 57.3 Å². The maximum Gasteiger partial charge on any atom is 0.190 e. The molecule has 6 heteroatoms. The van der Waals surface area contributed by atoms with Gasteiger partial charge in [0.1, 0.15) is 5.82 Å². The molecule has 0 spiro atoms. The van der Waals surface area contributed by atoms with E-state index >= 15 is 0 Å². The molecule has 158 valence electrons. The van der Waals surface area contributed by atoms with Crippen LogP contribution in [0, 0.1) is 17.7 Å². The molecule has 1 saturated heterocycles. The van der Waals surface area contributed by atoms with Crippen LogP contribution >= 0.6 is 0 Å². The van der Waals surface area contributed by atoms with Gasteiger partial charge in [-0.05, 0) is 50.3 Å². The van der Waals surface area contributed by atoms with Gasteiger partial charge >= 0.3 is 0 Å². The third kappa shape index (κ3) is 8.57. The highest BCUT2D eigenvalue weighted by Gasteiger charge is 2.20. The summed E-state index contributed by atoms with van der Waals surface area (Å²) in [5.41, 5.74) is 0.793. The first-order valence-electron chi connectivity index (χ1n) is 10.6. The van der Waals surface area contributed by atoms with Crippen molar-refractivity contribution >= 4 is 5.96 Å². The first kappa shape index (κ1) is 22.6. The van der Waals surface area contributed by atoms with Crippen LogP contribution in [0.2, 0.25) is 0 Å². The predicted molar refractivity (Wildman–Crippen MR) is 114 cm³/mol. The number of piperidine rings is 1. The van der Waals surface area contributed by atoms with Crippen molar-refractivity contribution in [2.75, 3.05) is 46.4 Å². The monoisotopic (exact) mass is 392 g/mol. The molecule has 0 radical (unpaired) electrons. The lowest BCUT2D eigenvalue weighted by molar-refractivity contribution is 0.108. The Balaban J connectivity index is 1.58. The number of benzene rings is 1. The van der Waals surface area contributed by atoms with E-state index in [-0.39, 0.29) is 5.82 Å². The highest BCUT2D eigenvalue weighted by atomic mass is 19.1. The number of halogens is 1. The Morgan fingerprint density at radius 2 is 2.00 bits per heavy atom. The topological polar surface area (TPSA) is 48.9 Å². The summed E-state index contributed by atoms with van der Waals surface area (Å²) in [6.45, 7) is 10.4. The van der Waals surface area contributed by atoms with Crippen LogP contribution in [0.15, 0.2) is 29.3 Å². The quantitative estimate of drug-likeness (QED) is 0.365. The lowest BCUT2D eigenvalue weighted by Crippen LogP contribution is -2.43. The zero-order valence-corrected chi connectivity index (χ0v) is 17.7. The summed E-state index contributed by atoms with van der Waals surface area (Å²) >= 11 is 0. The lowest BCUT2D eigenvalue weighted by atomic mass is 9.96. The third-order valence-corrected chi connectivity index (χ3v) is 5.05. The van der Waals surface area contributed by atoms with E-state index in [1.165, 1.54) is 0 Å². The number of aliphatic imine (C=N–C) groups is 1. The van der Waals surface area contributed by atoms with E-state index in [1.54, 1.807) is 12.1 Å². The lowest BCUT2D eigenvalue weighted by Gasteiger charge is -2.32. The van der Waals surface area contributed by atoms with Gasteiger partial charge in [0, 0.05) is 45.5 Å². The van der Waals surface area contributed by atoms with Crippen LogP contribution in [0.4, 0.5) is 4.39 Å². The van der Waals surface area contributed by atoms with Crippen LogP contribution in [0.5, 0.6) is 0 Å². The van der Waals surface area contributed by atoms with Crippen molar-refractivity contribution in [1.29, 1.82) is 0 Å². The number of ether oxygens (including phenoxy) is 1. The number of nitrogens with zero attached hydrogens (tertiary/aromatic N) is 2. The Labute approximate surface area is 169 Å². The van der Waals surface area contributed by atoms with Crippen molar-refractivity contribution in [3.8, 4) is 0 Å². The minimum absolute atomic E-state index is 0.101. The molecule has 0 bridgehead atoms. The number of nitrogens with one attached hydrogen (secondary N) is 2. The SMILES string of the molecule is CN=C(NCCCOCC(C)C)NCC1CCN(Cc2ccccc2F)CC1. The van der Waals surface area contributed by atoms with Gasteiger partial charge in [-0.15, -0.1) is 0 Å². The molecule has 1 aromatic carbocycles. The molecule has 2 N–H and O–H groups in total. The van der Waals surface area contributed by atoms with Crippen molar-refractivity contribution in [3.05, 3.63) is 35.6 Å². The maximum absolute atomic E-state index is 13.8. The number of guanidine groups is 1. The molecule has 0 aliphatic carbocycles. The van der Waals surface area contributed by atoms with E-state index in [2.05, 4.69) is 34.4 Å². The summed E-state index contributed by atoms with van der Waals surface area (Å²) in [5.74, 6) is 1.97. The second kappa shape index (κ2) is 12.7. The van der Waals surface area contributed by atoms with Crippen LogP contribution < -0.4 is 10.6 Å². The van der Waals surface area contributed by atoms with Crippen LogP contribution in [0.25, 0.3) is 0 Å². The summed E-state index contributed by atoms with van der Waals surface area (Å²) < 4.78 is 19.4. The fraction of sp³-hybridized carbons (Fsp3) is 0.682. The molecule has 2 rings (SSSR count). The van der Waals surface area contributed by atoms with Gasteiger partial charge in [0.25, 0.3) is 0 Å². The molecule has 0 atom stereocenters. The Kier molecular flexibility index (Phi) is 10.3. The van der Waals surface area contributed by atoms with Crippen molar-refractivity contribution in [2.24, 2.45) is 16.8 Å². The Bertz CT molecular complexity index is 586. The van der Waals surface area contributed by atoms with Gasteiger partial charge in [0.15, 0.2) is 5.96 Å². The predicted octanol–water partition coefficient (Wildman–Crippen LogP) is 3.27. The Morgan fingerprint density at radius 3 is 2.68 bits per heavy atom. The number of hydrogen-bond donors (Lipinski definition) is 2. The average molecular weight is 393 g/mol. The van der Waals surface area contributed by atoms with Gasteiger partial charge in [-0.3, -0.25) is 9.89 Å². The summed E-state index contributed by atoms with van der Waals surface area (Å²) in [6.07, 6.45) is 3.23. The molecule has 0 saturated carbocycles. The molecule has 1 fully saturated rings. The Morgan fingerprint density at radius 1 is 1.25 bits per heavy atom. The molecule has 0 amide bonds. The van der Waals surface area contributed by atoms with Gasteiger partial charge in [-0.25, -0.2) is 4.39 Å². The summed E-state index contributed by atoms with van der Waals surface area (Å²) in [7, 11) is 1.81. The van der Waals surface area contributed by atoms with Crippen molar-refractivity contribution in [3.63, 3.8) is 0 Å². The van der Waals surface area contributed by atoms with E-state index in [0.717, 1.165) is 70.2 Å². The molecule has 28 heavy (non-hydrogen) atoms. The van der Waals surface area contributed by atoms with Crippen LogP contribution in [-0.2, 0) is 11.3 Å². The molecule has 1 aromatic rings. The van der Waals surface area contributed by atoms with Gasteiger partial charge in [0.05, 0.1) is 0 Å². The van der Waals surface area contributed by atoms with Gasteiger partial charge < -0.3 is 15.4 Å². The summed E-state index contributed by atoms with van der Waals surface area (Å²) in [6, 6.07) is 7.08. The zero-order chi connectivity index (χ0) is 20.2. The Hall–Kier alpha value is -1.66. The zero-order valence-electron chi connectivity index (χ0n) is 17.7. The van der Waals surface area contributed by atoms with E-state index in [4.69, 9.17) is 4.74 Å². The van der Waals surface area contributed by atoms with Crippen molar-refractivity contribution in [2.45, 2.75) is 39.7 Å².